The normalized spacial score (nSPS) is 21.1. The van der Waals surface area contributed by atoms with E-state index in [0.29, 0.717) is 5.92 Å². The Labute approximate surface area is 109 Å². The lowest BCUT2D eigenvalue weighted by Gasteiger charge is -2.06. The van der Waals surface area contributed by atoms with E-state index in [4.69, 9.17) is 9.90 Å². The Morgan fingerprint density at radius 3 is 2.26 bits per heavy atom. The predicted octanol–water partition coefficient (Wildman–Crippen LogP) is 0.874. The highest BCUT2D eigenvalue weighted by molar-refractivity contribution is 5.96. The number of carboxylic acid groups (broad SMARTS) is 1. The molecule has 0 saturated carbocycles. The highest BCUT2D eigenvalue weighted by Gasteiger charge is 2.38. The van der Waals surface area contributed by atoms with E-state index in [0.717, 1.165) is 18.7 Å². The maximum absolute atomic E-state index is 11.2. The van der Waals surface area contributed by atoms with Crippen molar-refractivity contribution in [2.45, 2.75) is 13.1 Å². The van der Waals surface area contributed by atoms with Crippen LogP contribution in [0.15, 0.2) is 11.6 Å². The molecule has 0 aromatic carbocycles. The van der Waals surface area contributed by atoms with Crippen LogP contribution in [0.25, 0.3) is 0 Å². The van der Waals surface area contributed by atoms with Crippen LogP contribution in [0.5, 0.6) is 0 Å². The van der Waals surface area contributed by atoms with Gasteiger partial charge in [0, 0.05) is 24.6 Å². The Balaban J connectivity index is 0.000000399. The Kier molecular flexibility index (Phi) is 6.54. The standard InChI is InChI=1S/C9H16N2O.C2HF3O2/c1-7-6-10-9(12)8(7)4-5-11(2)3;3-2(4,5)1(6)7/h4,7H,5-6H2,1-3H3,(H,10,12);(H,6,7)/b8-4+;. The van der Waals surface area contributed by atoms with Crippen LogP contribution >= 0.6 is 0 Å². The molecule has 110 valence electrons. The van der Waals surface area contributed by atoms with Crippen molar-refractivity contribution in [3.8, 4) is 0 Å². The van der Waals surface area contributed by atoms with Gasteiger partial charge in [-0.2, -0.15) is 13.2 Å². The molecule has 1 rings (SSSR count). The summed E-state index contributed by atoms with van der Waals surface area (Å²) < 4.78 is 31.7. The van der Waals surface area contributed by atoms with Gasteiger partial charge in [-0.1, -0.05) is 13.0 Å². The Morgan fingerprint density at radius 2 is 2.00 bits per heavy atom. The van der Waals surface area contributed by atoms with Crippen molar-refractivity contribution in [3.05, 3.63) is 11.6 Å². The minimum Gasteiger partial charge on any atom is -0.475 e. The summed E-state index contributed by atoms with van der Waals surface area (Å²) in [4.78, 5) is 22.1. The molecule has 1 aliphatic rings. The average molecular weight is 282 g/mol. The van der Waals surface area contributed by atoms with Crippen LogP contribution < -0.4 is 5.32 Å². The average Bonchev–Trinajstić information content (AvgIpc) is 2.55. The first-order valence-corrected chi connectivity index (χ1v) is 5.48. The van der Waals surface area contributed by atoms with E-state index < -0.39 is 12.1 Å². The molecule has 1 heterocycles. The first-order chi connectivity index (χ1) is 8.55. The highest BCUT2D eigenvalue weighted by atomic mass is 19.4. The van der Waals surface area contributed by atoms with Gasteiger partial charge in [0.25, 0.3) is 0 Å². The minimum atomic E-state index is -5.08. The topological polar surface area (TPSA) is 69.6 Å². The molecule has 1 aliphatic heterocycles. The maximum Gasteiger partial charge on any atom is 0.490 e. The molecular formula is C11H17F3N2O3. The lowest BCUT2D eigenvalue weighted by Crippen LogP contribution is -2.21. The molecule has 1 unspecified atom stereocenters. The van der Waals surface area contributed by atoms with Crippen molar-refractivity contribution in [1.29, 1.82) is 0 Å². The lowest BCUT2D eigenvalue weighted by atomic mass is 10.0. The van der Waals surface area contributed by atoms with Gasteiger partial charge in [-0.15, -0.1) is 0 Å². The third kappa shape index (κ3) is 6.80. The molecule has 1 atom stereocenters. The van der Waals surface area contributed by atoms with Gasteiger partial charge in [-0.25, -0.2) is 4.79 Å². The van der Waals surface area contributed by atoms with E-state index in [1.54, 1.807) is 0 Å². The zero-order valence-corrected chi connectivity index (χ0v) is 10.9. The number of likely N-dealkylation sites (N-methyl/N-ethyl adjacent to an activating group) is 1. The van der Waals surface area contributed by atoms with Crippen LogP contribution in [-0.4, -0.2) is 55.2 Å². The second-order valence-electron chi connectivity index (χ2n) is 4.34. The number of hydrogen-bond donors (Lipinski definition) is 2. The summed E-state index contributed by atoms with van der Waals surface area (Å²) in [6, 6.07) is 0. The summed E-state index contributed by atoms with van der Waals surface area (Å²) in [6.45, 7) is 3.70. The number of carboxylic acids is 1. The fraction of sp³-hybridized carbons (Fsp3) is 0.636. The number of nitrogens with zero attached hydrogens (tertiary/aromatic N) is 1. The minimum absolute atomic E-state index is 0.101. The number of aliphatic carboxylic acids is 1. The Morgan fingerprint density at radius 1 is 1.53 bits per heavy atom. The van der Waals surface area contributed by atoms with Crippen LogP contribution in [0.2, 0.25) is 0 Å². The molecule has 8 heteroatoms. The lowest BCUT2D eigenvalue weighted by molar-refractivity contribution is -0.192. The number of amides is 1. The molecule has 0 bridgehead atoms. The summed E-state index contributed by atoms with van der Waals surface area (Å²) in [5.41, 5.74) is 0.934. The van der Waals surface area contributed by atoms with Crippen molar-refractivity contribution in [2.75, 3.05) is 27.2 Å². The van der Waals surface area contributed by atoms with Gasteiger partial charge in [0.1, 0.15) is 0 Å². The van der Waals surface area contributed by atoms with Gasteiger partial charge in [0.15, 0.2) is 0 Å². The molecule has 2 N–H and O–H groups in total. The molecule has 19 heavy (non-hydrogen) atoms. The monoisotopic (exact) mass is 282 g/mol. The van der Waals surface area contributed by atoms with Crippen molar-refractivity contribution >= 4 is 11.9 Å². The number of carbonyl (C=O) groups is 2. The van der Waals surface area contributed by atoms with Gasteiger partial charge >= 0.3 is 12.1 Å². The zero-order chi connectivity index (χ0) is 15.2. The number of alkyl halides is 3. The van der Waals surface area contributed by atoms with Gasteiger partial charge in [0.2, 0.25) is 5.91 Å². The molecule has 0 spiro atoms. The molecule has 0 radical (unpaired) electrons. The molecule has 0 aromatic heterocycles. The Hall–Kier alpha value is -1.57. The van der Waals surface area contributed by atoms with Crippen LogP contribution in [0.1, 0.15) is 6.92 Å². The molecule has 0 aromatic rings. The molecule has 1 fully saturated rings. The second-order valence-corrected chi connectivity index (χ2v) is 4.34. The number of halogens is 3. The van der Waals surface area contributed by atoms with E-state index in [1.165, 1.54) is 0 Å². The van der Waals surface area contributed by atoms with Gasteiger partial charge in [-0.05, 0) is 14.1 Å². The molecular weight excluding hydrogens is 265 g/mol. The summed E-state index contributed by atoms with van der Waals surface area (Å²) in [5.74, 6) is -2.28. The fourth-order valence-electron chi connectivity index (χ4n) is 1.26. The van der Waals surface area contributed by atoms with Gasteiger partial charge < -0.3 is 15.3 Å². The predicted molar refractivity (Wildman–Crippen MR) is 62.5 cm³/mol. The summed E-state index contributed by atoms with van der Waals surface area (Å²) in [6.07, 6.45) is -3.08. The largest absolute Gasteiger partial charge is 0.490 e. The van der Waals surface area contributed by atoms with E-state index in [-0.39, 0.29) is 5.91 Å². The molecule has 1 amide bonds. The number of carbonyl (C=O) groups excluding carboxylic acids is 1. The van der Waals surface area contributed by atoms with E-state index in [2.05, 4.69) is 12.2 Å². The number of hydrogen-bond acceptors (Lipinski definition) is 3. The van der Waals surface area contributed by atoms with E-state index >= 15 is 0 Å². The Bertz CT molecular complexity index is 365. The van der Waals surface area contributed by atoms with Crippen molar-refractivity contribution in [2.24, 2.45) is 5.92 Å². The smallest absolute Gasteiger partial charge is 0.475 e. The quantitative estimate of drug-likeness (QED) is 0.737. The fourth-order valence-corrected chi connectivity index (χ4v) is 1.26. The maximum atomic E-state index is 11.2. The third-order valence-electron chi connectivity index (χ3n) is 2.28. The van der Waals surface area contributed by atoms with Crippen LogP contribution in [-0.2, 0) is 9.59 Å². The molecule has 1 saturated heterocycles. The SMILES string of the molecule is CC1CNC(=O)/C1=C/CN(C)C.O=C(O)C(F)(F)F. The number of rotatable bonds is 2. The highest BCUT2D eigenvalue weighted by Crippen LogP contribution is 2.15. The summed E-state index contributed by atoms with van der Waals surface area (Å²) >= 11 is 0. The van der Waals surface area contributed by atoms with Crippen LogP contribution in [0.3, 0.4) is 0 Å². The van der Waals surface area contributed by atoms with Gasteiger partial charge in [0.05, 0.1) is 0 Å². The van der Waals surface area contributed by atoms with E-state index in [1.807, 2.05) is 25.1 Å². The molecule has 0 aliphatic carbocycles. The van der Waals surface area contributed by atoms with Crippen LogP contribution in [0, 0.1) is 5.92 Å². The summed E-state index contributed by atoms with van der Waals surface area (Å²) in [5, 5.41) is 9.94. The second kappa shape index (κ2) is 7.13. The van der Waals surface area contributed by atoms with Gasteiger partial charge in [-0.3, -0.25) is 4.79 Å². The zero-order valence-electron chi connectivity index (χ0n) is 10.9. The van der Waals surface area contributed by atoms with Crippen LogP contribution in [0.4, 0.5) is 13.2 Å². The van der Waals surface area contributed by atoms with Crippen molar-refractivity contribution in [1.82, 2.24) is 10.2 Å². The van der Waals surface area contributed by atoms with E-state index in [9.17, 15) is 18.0 Å². The first kappa shape index (κ1) is 17.4. The van der Waals surface area contributed by atoms with Crippen molar-refractivity contribution in [3.63, 3.8) is 0 Å². The molecule has 5 nitrogen and oxygen atoms in total. The third-order valence-corrected chi connectivity index (χ3v) is 2.28. The summed E-state index contributed by atoms with van der Waals surface area (Å²) in [7, 11) is 3.99. The van der Waals surface area contributed by atoms with Crippen molar-refractivity contribution < 1.29 is 27.9 Å². The number of nitrogens with one attached hydrogen (secondary N) is 1. The first-order valence-electron chi connectivity index (χ1n) is 5.48.